The molecule has 1 aromatic carbocycles. The van der Waals surface area contributed by atoms with E-state index in [0.29, 0.717) is 43.7 Å². The van der Waals surface area contributed by atoms with Gasteiger partial charge in [-0.15, -0.1) is 5.10 Å². The number of nitrogens with zero attached hydrogens (tertiary/aromatic N) is 3. The van der Waals surface area contributed by atoms with E-state index in [4.69, 9.17) is 14.3 Å². The zero-order chi connectivity index (χ0) is 25.9. The molecule has 10 nitrogen and oxygen atoms in total. The largest absolute Gasteiger partial charge is 0.481 e. The van der Waals surface area contributed by atoms with E-state index in [1.165, 1.54) is 18.3 Å². The van der Waals surface area contributed by atoms with Gasteiger partial charge in [-0.25, -0.2) is 9.37 Å². The van der Waals surface area contributed by atoms with Crippen LogP contribution in [0.25, 0.3) is 0 Å². The van der Waals surface area contributed by atoms with Gasteiger partial charge in [-0.1, -0.05) is 5.10 Å². The summed E-state index contributed by atoms with van der Waals surface area (Å²) in [6.45, 7) is 0. The zero-order valence-electron chi connectivity index (χ0n) is 18.4. The number of carboxylic acid groups (broad SMARTS) is 1. The van der Waals surface area contributed by atoms with E-state index in [1.54, 1.807) is 0 Å². The summed E-state index contributed by atoms with van der Waals surface area (Å²) in [5.74, 6) is -3.56. The molecule has 3 N–H and O–H groups in total. The van der Waals surface area contributed by atoms with Crippen molar-refractivity contribution in [3.63, 3.8) is 0 Å². The molecule has 0 aliphatic heterocycles. The third-order valence-electron chi connectivity index (χ3n) is 5.45. The summed E-state index contributed by atoms with van der Waals surface area (Å²) in [5, 5.41) is 21.0. The number of carboxylic acids is 1. The number of nitrogens with one attached hydrogen (secondary N) is 2. The number of carbonyl (C=O) groups is 2. The van der Waals surface area contributed by atoms with Crippen LogP contribution in [0.5, 0.6) is 5.88 Å². The molecule has 14 heteroatoms. The number of halogens is 4. The summed E-state index contributed by atoms with van der Waals surface area (Å²) in [4.78, 5) is 27.5. The molecule has 0 radical (unpaired) electrons. The molecule has 1 fully saturated rings. The highest BCUT2D eigenvalue weighted by atomic mass is 19.4. The molecule has 0 atom stereocenters. The predicted molar refractivity (Wildman–Crippen MR) is 115 cm³/mol. The van der Waals surface area contributed by atoms with E-state index >= 15 is 0 Å². The fourth-order valence-corrected chi connectivity index (χ4v) is 3.62. The fourth-order valence-electron chi connectivity index (χ4n) is 3.62. The standard InChI is InChI=1S/C22H19F4N5O5/c23-16-7-3-12(9-15(16)22(24,25)26)29-21-31-30-19(36-21)18(32)28-13-4-8-17(27-10-13)35-14-5-1-11(2-6-14)20(33)34/h3-4,7-11,14H,1-2,5-6H2,(H,28,32)(H,29,31)(H,33,34)/t11-,14+. The lowest BCUT2D eigenvalue weighted by Crippen LogP contribution is -2.28. The van der Waals surface area contributed by atoms with E-state index in [9.17, 15) is 27.2 Å². The van der Waals surface area contributed by atoms with E-state index < -0.39 is 35.3 Å². The van der Waals surface area contributed by atoms with Crippen molar-refractivity contribution in [3.8, 4) is 5.88 Å². The van der Waals surface area contributed by atoms with Gasteiger partial charge in [0.1, 0.15) is 11.9 Å². The molecule has 2 heterocycles. The number of alkyl halides is 3. The van der Waals surface area contributed by atoms with Crippen LogP contribution in [0.1, 0.15) is 41.9 Å². The van der Waals surface area contributed by atoms with Gasteiger partial charge in [0.2, 0.25) is 5.88 Å². The number of aromatic nitrogens is 3. The Balaban J connectivity index is 1.32. The van der Waals surface area contributed by atoms with E-state index in [2.05, 4.69) is 25.8 Å². The highest BCUT2D eigenvalue weighted by molar-refractivity contribution is 6.00. The lowest BCUT2D eigenvalue weighted by Gasteiger charge is -2.26. The first kappa shape index (κ1) is 24.9. The molecule has 3 aromatic rings. The highest BCUT2D eigenvalue weighted by Crippen LogP contribution is 2.33. The smallest absolute Gasteiger partial charge is 0.419 e. The molecule has 0 saturated heterocycles. The Hall–Kier alpha value is -4.23. The highest BCUT2D eigenvalue weighted by Gasteiger charge is 2.34. The Morgan fingerprint density at radius 2 is 1.78 bits per heavy atom. The second-order valence-electron chi connectivity index (χ2n) is 8.00. The van der Waals surface area contributed by atoms with Crippen molar-refractivity contribution in [1.82, 2.24) is 15.2 Å². The first-order valence-corrected chi connectivity index (χ1v) is 10.7. The van der Waals surface area contributed by atoms with Crippen LogP contribution in [-0.2, 0) is 11.0 Å². The normalized spacial score (nSPS) is 17.9. The van der Waals surface area contributed by atoms with Crippen LogP contribution in [-0.4, -0.2) is 38.3 Å². The number of hydrogen-bond donors (Lipinski definition) is 3. The predicted octanol–water partition coefficient (Wildman–Crippen LogP) is 4.64. The average Bonchev–Trinajstić information content (AvgIpc) is 3.30. The van der Waals surface area contributed by atoms with Gasteiger partial charge in [-0.05, 0) is 49.9 Å². The second kappa shape index (κ2) is 10.2. The van der Waals surface area contributed by atoms with Gasteiger partial charge in [-0.2, -0.15) is 13.2 Å². The number of benzene rings is 1. The Bertz CT molecular complexity index is 1240. The number of anilines is 3. The van der Waals surface area contributed by atoms with Crippen LogP contribution in [0.2, 0.25) is 0 Å². The first-order chi connectivity index (χ1) is 17.1. The average molecular weight is 509 g/mol. The maximum Gasteiger partial charge on any atom is 0.419 e. The quantitative estimate of drug-likeness (QED) is 0.389. The number of pyridine rings is 1. The van der Waals surface area contributed by atoms with Crippen molar-refractivity contribution in [2.24, 2.45) is 5.92 Å². The minimum absolute atomic E-state index is 0.147. The lowest BCUT2D eigenvalue weighted by molar-refractivity contribution is -0.143. The topological polar surface area (TPSA) is 139 Å². The van der Waals surface area contributed by atoms with E-state index in [0.717, 1.165) is 6.07 Å². The van der Waals surface area contributed by atoms with E-state index in [-0.39, 0.29) is 29.4 Å². The number of rotatable bonds is 7. The van der Waals surface area contributed by atoms with Crippen molar-refractivity contribution in [3.05, 3.63) is 53.8 Å². The van der Waals surface area contributed by atoms with Gasteiger partial charge in [0, 0.05) is 11.8 Å². The molecular formula is C22H19F4N5O5. The second-order valence-corrected chi connectivity index (χ2v) is 8.00. The monoisotopic (exact) mass is 509 g/mol. The van der Waals surface area contributed by atoms with Gasteiger partial charge in [0.15, 0.2) is 0 Å². The summed E-state index contributed by atoms with van der Waals surface area (Å²) >= 11 is 0. The van der Waals surface area contributed by atoms with Gasteiger partial charge in [0.25, 0.3) is 0 Å². The molecule has 190 valence electrons. The van der Waals surface area contributed by atoms with E-state index in [1.807, 2.05) is 0 Å². The molecule has 1 aliphatic rings. The summed E-state index contributed by atoms with van der Waals surface area (Å²) in [5.41, 5.74) is -1.36. The Labute approximate surface area is 200 Å². The van der Waals surface area contributed by atoms with Crippen molar-refractivity contribution in [1.29, 1.82) is 0 Å². The fraction of sp³-hybridized carbons (Fsp3) is 0.318. The Morgan fingerprint density at radius 3 is 2.42 bits per heavy atom. The minimum atomic E-state index is -4.89. The molecular weight excluding hydrogens is 490 g/mol. The number of hydrogen-bond acceptors (Lipinski definition) is 8. The van der Waals surface area contributed by atoms with Gasteiger partial charge in [-0.3, -0.25) is 9.59 Å². The van der Waals surface area contributed by atoms with Crippen LogP contribution < -0.4 is 15.4 Å². The molecule has 1 saturated carbocycles. The van der Waals surface area contributed by atoms with Crippen LogP contribution >= 0.6 is 0 Å². The van der Waals surface area contributed by atoms with Gasteiger partial charge < -0.3 is 24.9 Å². The lowest BCUT2D eigenvalue weighted by atomic mass is 9.87. The molecule has 2 aromatic heterocycles. The molecule has 1 aliphatic carbocycles. The molecule has 0 spiro atoms. The Kier molecular flexibility index (Phi) is 7.03. The molecule has 4 rings (SSSR count). The first-order valence-electron chi connectivity index (χ1n) is 10.7. The number of amides is 1. The van der Waals surface area contributed by atoms with Gasteiger partial charge >= 0.3 is 30.0 Å². The number of carbonyl (C=O) groups excluding carboxylic acids is 1. The van der Waals surface area contributed by atoms with Gasteiger partial charge in [0.05, 0.1) is 23.4 Å². The summed E-state index contributed by atoms with van der Waals surface area (Å²) in [6.07, 6.45) is -1.45. The van der Waals surface area contributed by atoms with Crippen LogP contribution in [0.15, 0.2) is 40.9 Å². The molecule has 1 amide bonds. The van der Waals surface area contributed by atoms with Crippen LogP contribution in [0.3, 0.4) is 0 Å². The summed E-state index contributed by atoms with van der Waals surface area (Å²) in [7, 11) is 0. The third kappa shape index (κ3) is 6.06. The maximum atomic E-state index is 13.4. The summed E-state index contributed by atoms with van der Waals surface area (Å²) < 4.78 is 62.9. The van der Waals surface area contributed by atoms with Crippen LogP contribution in [0, 0.1) is 11.7 Å². The van der Waals surface area contributed by atoms with Crippen molar-refractivity contribution < 1.29 is 41.4 Å². The van der Waals surface area contributed by atoms with Crippen LogP contribution in [0.4, 0.5) is 35.0 Å². The third-order valence-corrected chi connectivity index (χ3v) is 5.45. The number of aliphatic carboxylic acids is 1. The molecule has 0 unspecified atom stereocenters. The molecule has 0 bridgehead atoms. The Morgan fingerprint density at radius 1 is 1.06 bits per heavy atom. The summed E-state index contributed by atoms with van der Waals surface area (Å²) in [6, 6.07) is 4.90. The van der Waals surface area contributed by atoms with Crippen molar-refractivity contribution in [2.75, 3.05) is 10.6 Å². The zero-order valence-corrected chi connectivity index (χ0v) is 18.4. The SMILES string of the molecule is O=C(Nc1ccc(O[C@H]2CC[C@@H](C(=O)O)CC2)nc1)c1nnc(Nc2ccc(F)c(C(F)(F)F)c2)o1. The maximum absolute atomic E-state index is 13.4. The van der Waals surface area contributed by atoms with Crippen molar-refractivity contribution >= 4 is 29.3 Å². The number of ether oxygens (including phenoxy) is 1. The van der Waals surface area contributed by atoms with Crippen molar-refractivity contribution in [2.45, 2.75) is 38.0 Å². The minimum Gasteiger partial charge on any atom is -0.481 e. The molecule has 36 heavy (non-hydrogen) atoms.